The molecule has 3 aromatic heterocycles. The van der Waals surface area contributed by atoms with Crippen LogP contribution in [0.5, 0.6) is 5.88 Å². The van der Waals surface area contributed by atoms with E-state index in [9.17, 15) is 5.11 Å². The van der Waals surface area contributed by atoms with E-state index in [0.717, 1.165) is 22.2 Å². The molecule has 33 heavy (non-hydrogen) atoms. The second-order valence-corrected chi connectivity index (χ2v) is 7.71. The summed E-state index contributed by atoms with van der Waals surface area (Å²) in [6.07, 6.45) is 0. The number of methoxy groups -OCH3 is 1. The lowest BCUT2D eigenvalue weighted by Crippen LogP contribution is -2.33. The molecule has 9 heteroatoms. The molecular weight excluding hydrogens is 418 g/mol. The second-order valence-electron chi connectivity index (χ2n) is 7.71. The third-order valence-electron chi connectivity index (χ3n) is 5.87. The number of nitrogens with one attached hydrogen (secondary N) is 1. The highest BCUT2D eigenvalue weighted by atomic mass is 16.5. The Bertz CT molecular complexity index is 1410. The van der Waals surface area contributed by atoms with Gasteiger partial charge >= 0.3 is 0 Å². The number of tetrazole rings is 1. The summed E-state index contributed by atoms with van der Waals surface area (Å²) < 4.78 is 7.46. The summed E-state index contributed by atoms with van der Waals surface area (Å²) in [7, 11) is 1.53. The molecule has 0 aliphatic rings. The van der Waals surface area contributed by atoms with Gasteiger partial charge in [0.2, 0.25) is 5.88 Å². The Kier molecular flexibility index (Phi) is 5.10. The van der Waals surface area contributed by atoms with Crippen molar-refractivity contribution in [1.29, 1.82) is 0 Å². The first kappa shape index (κ1) is 20.8. The Hall–Kier alpha value is -4.11. The van der Waals surface area contributed by atoms with Crippen LogP contribution in [0, 0.1) is 6.92 Å². The van der Waals surface area contributed by atoms with Crippen LogP contribution in [0.4, 0.5) is 0 Å². The van der Waals surface area contributed by atoms with Gasteiger partial charge in [0.1, 0.15) is 0 Å². The Morgan fingerprint density at radius 3 is 2.48 bits per heavy atom. The van der Waals surface area contributed by atoms with Crippen LogP contribution >= 0.6 is 0 Å². The quantitative estimate of drug-likeness (QED) is 0.416. The average molecular weight is 441 g/mol. The predicted molar refractivity (Wildman–Crippen MR) is 123 cm³/mol. The molecular formula is C24H23N7O2. The molecule has 9 nitrogen and oxygen atoms in total. The molecule has 0 saturated carbocycles. The van der Waals surface area contributed by atoms with Crippen molar-refractivity contribution in [3.8, 4) is 17.3 Å². The summed E-state index contributed by atoms with van der Waals surface area (Å²) >= 11 is 0. The van der Waals surface area contributed by atoms with Gasteiger partial charge in [-0.15, -0.1) is 5.10 Å². The minimum Gasteiger partial charge on any atom is -0.480 e. The highest BCUT2D eigenvalue weighted by Crippen LogP contribution is 2.40. The molecule has 0 aliphatic heterocycles. The number of rotatable bonds is 6. The number of hydrogen-bond donors (Lipinski definition) is 2. The minimum absolute atomic E-state index is 0.340. The number of hydrogen-bond acceptors (Lipinski definition) is 7. The topological polar surface area (TPSA) is 115 Å². The highest BCUT2D eigenvalue weighted by molar-refractivity contribution is 5.81. The van der Waals surface area contributed by atoms with Gasteiger partial charge in [-0.2, -0.15) is 4.98 Å². The van der Waals surface area contributed by atoms with E-state index >= 15 is 0 Å². The van der Waals surface area contributed by atoms with Crippen molar-refractivity contribution < 1.29 is 9.84 Å². The van der Waals surface area contributed by atoms with Crippen LogP contribution in [0.25, 0.3) is 22.6 Å². The Labute approximate surface area is 190 Å². The lowest BCUT2D eigenvalue weighted by atomic mass is 9.83. The van der Waals surface area contributed by atoms with Crippen LogP contribution in [0.1, 0.15) is 29.4 Å². The van der Waals surface area contributed by atoms with Crippen LogP contribution in [0.3, 0.4) is 0 Å². The van der Waals surface area contributed by atoms with Crippen molar-refractivity contribution in [2.45, 2.75) is 26.0 Å². The Balaban J connectivity index is 1.84. The minimum atomic E-state index is -1.50. The van der Waals surface area contributed by atoms with Gasteiger partial charge in [0.05, 0.1) is 18.2 Å². The maximum Gasteiger partial charge on any atom is 0.226 e. The Morgan fingerprint density at radius 1 is 1.06 bits per heavy atom. The van der Waals surface area contributed by atoms with Crippen molar-refractivity contribution in [3.63, 3.8) is 0 Å². The number of aryl methyl sites for hydroxylation is 2. The molecule has 0 amide bonds. The number of nitrogens with zero attached hydrogens (tertiary/aromatic N) is 6. The number of aromatic nitrogens is 7. The highest BCUT2D eigenvalue weighted by Gasteiger charge is 2.40. The standard InChI is InChI=1S/C24H23N7O2/c1-4-31-19-14-17(20-27-29-30-28-20)22(33-3)25-21(19)26-23(31)24(32,16-11-6-5-7-12-16)18-13-9-8-10-15(18)2/h5-14,32H,4H2,1-3H3,(H,27,28,29,30). The molecule has 166 valence electrons. The van der Waals surface area contributed by atoms with Gasteiger partial charge in [-0.3, -0.25) is 0 Å². The van der Waals surface area contributed by atoms with Crippen molar-refractivity contribution in [1.82, 2.24) is 35.2 Å². The van der Waals surface area contributed by atoms with E-state index in [2.05, 4.69) is 25.6 Å². The lowest BCUT2D eigenvalue weighted by Gasteiger charge is -2.30. The molecule has 0 fully saturated rings. The van der Waals surface area contributed by atoms with Gasteiger partial charge in [-0.1, -0.05) is 54.6 Å². The molecule has 0 radical (unpaired) electrons. The van der Waals surface area contributed by atoms with Crippen LogP contribution < -0.4 is 4.74 Å². The Morgan fingerprint density at radius 2 is 1.82 bits per heavy atom. The molecule has 5 rings (SSSR count). The van der Waals surface area contributed by atoms with Crippen molar-refractivity contribution >= 4 is 11.2 Å². The van der Waals surface area contributed by atoms with Gasteiger partial charge in [0, 0.05) is 6.54 Å². The fourth-order valence-corrected chi connectivity index (χ4v) is 4.29. The number of ether oxygens (including phenoxy) is 1. The number of pyridine rings is 1. The summed E-state index contributed by atoms with van der Waals surface area (Å²) in [4.78, 5) is 9.46. The van der Waals surface area contributed by atoms with E-state index in [1.807, 2.05) is 79.1 Å². The van der Waals surface area contributed by atoms with Gasteiger partial charge in [0.15, 0.2) is 22.9 Å². The molecule has 5 aromatic rings. The first-order chi connectivity index (χ1) is 16.1. The van der Waals surface area contributed by atoms with E-state index in [1.54, 1.807) is 0 Å². The van der Waals surface area contributed by atoms with E-state index in [4.69, 9.17) is 9.72 Å². The number of fused-ring (bicyclic) bond motifs is 1. The smallest absolute Gasteiger partial charge is 0.226 e. The van der Waals surface area contributed by atoms with Crippen molar-refractivity contribution in [3.05, 3.63) is 83.2 Å². The van der Waals surface area contributed by atoms with Crippen LogP contribution in [0.15, 0.2) is 60.7 Å². The van der Waals surface area contributed by atoms with Crippen molar-refractivity contribution in [2.24, 2.45) is 0 Å². The van der Waals surface area contributed by atoms with Gasteiger partial charge in [-0.25, -0.2) is 10.1 Å². The number of aromatic amines is 1. The molecule has 1 atom stereocenters. The normalized spacial score (nSPS) is 13.2. The van der Waals surface area contributed by atoms with Crippen LogP contribution in [-0.2, 0) is 12.1 Å². The SMILES string of the molecule is CCn1c(C(O)(c2ccccc2)c2ccccc2C)nc2nc(OC)c(-c3nnn[nH]3)cc21. The summed E-state index contributed by atoms with van der Waals surface area (Å²) in [5, 5.41) is 26.5. The molecule has 0 aliphatic carbocycles. The maximum atomic E-state index is 12.4. The first-order valence-electron chi connectivity index (χ1n) is 10.6. The number of aliphatic hydroxyl groups is 1. The van der Waals surface area contributed by atoms with E-state index in [0.29, 0.717) is 35.3 Å². The molecule has 2 aromatic carbocycles. The molecule has 2 N–H and O–H groups in total. The number of H-pyrrole nitrogens is 1. The third kappa shape index (κ3) is 3.25. The van der Waals surface area contributed by atoms with E-state index in [1.165, 1.54) is 7.11 Å². The first-order valence-corrected chi connectivity index (χ1v) is 10.6. The zero-order valence-corrected chi connectivity index (χ0v) is 18.5. The van der Waals surface area contributed by atoms with Gasteiger partial charge in [0.25, 0.3) is 0 Å². The fraction of sp³-hybridized carbons (Fsp3) is 0.208. The van der Waals surface area contributed by atoms with E-state index < -0.39 is 5.60 Å². The second kappa shape index (κ2) is 8.10. The molecule has 0 bridgehead atoms. The lowest BCUT2D eigenvalue weighted by molar-refractivity contribution is 0.111. The molecule has 1 unspecified atom stereocenters. The van der Waals surface area contributed by atoms with Crippen molar-refractivity contribution in [2.75, 3.05) is 7.11 Å². The van der Waals surface area contributed by atoms with Crippen LogP contribution in [-0.4, -0.2) is 47.4 Å². The molecule has 3 heterocycles. The summed E-state index contributed by atoms with van der Waals surface area (Å²) in [5.74, 6) is 1.25. The zero-order chi connectivity index (χ0) is 23.0. The number of benzene rings is 2. The van der Waals surface area contributed by atoms with Gasteiger partial charge < -0.3 is 14.4 Å². The summed E-state index contributed by atoms with van der Waals surface area (Å²) in [6, 6.07) is 19.2. The third-order valence-corrected chi connectivity index (χ3v) is 5.87. The summed E-state index contributed by atoms with van der Waals surface area (Å²) in [6.45, 7) is 4.56. The zero-order valence-electron chi connectivity index (χ0n) is 18.5. The predicted octanol–water partition coefficient (Wildman–Crippen LogP) is 3.23. The van der Waals surface area contributed by atoms with E-state index in [-0.39, 0.29) is 0 Å². The number of imidazole rings is 1. The monoisotopic (exact) mass is 441 g/mol. The van der Waals surface area contributed by atoms with Gasteiger partial charge in [-0.05, 0) is 47.0 Å². The molecule has 0 saturated heterocycles. The largest absolute Gasteiger partial charge is 0.480 e. The van der Waals surface area contributed by atoms with Crippen LogP contribution in [0.2, 0.25) is 0 Å². The maximum absolute atomic E-state index is 12.4. The fourth-order valence-electron chi connectivity index (χ4n) is 4.29. The summed E-state index contributed by atoms with van der Waals surface area (Å²) in [5.41, 5.74) is 2.74. The molecule has 0 spiro atoms. The average Bonchev–Trinajstić information content (AvgIpc) is 3.51.